The van der Waals surface area contributed by atoms with E-state index in [9.17, 15) is 0 Å². The van der Waals surface area contributed by atoms with Crippen LogP contribution < -0.4 is 0 Å². The maximum atomic E-state index is 2.42. The third kappa shape index (κ3) is 13.1. The maximum absolute atomic E-state index is 2.42. The van der Waals surface area contributed by atoms with Crippen LogP contribution in [0.1, 0.15) is 158 Å². The van der Waals surface area contributed by atoms with Gasteiger partial charge in [-0.15, -0.1) is 0 Å². The second kappa shape index (κ2) is 18.7. The van der Waals surface area contributed by atoms with Crippen molar-refractivity contribution >= 4 is 0 Å². The molecule has 0 saturated heterocycles. The van der Waals surface area contributed by atoms with Gasteiger partial charge in [-0.05, 0) is 54.4 Å². The number of quaternary nitrogens is 1. The lowest BCUT2D eigenvalue weighted by Crippen LogP contribution is -2.62. The van der Waals surface area contributed by atoms with Crippen LogP contribution in [-0.4, -0.2) is 29.2 Å². The Balaban J connectivity index is 3.51. The van der Waals surface area contributed by atoms with E-state index in [2.05, 4.69) is 48.5 Å². The van der Waals surface area contributed by atoms with E-state index in [-0.39, 0.29) is 0 Å². The third-order valence-electron chi connectivity index (χ3n) is 7.53. The van der Waals surface area contributed by atoms with Crippen molar-refractivity contribution in [2.24, 2.45) is 0 Å². The van der Waals surface area contributed by atoms with Gasteiger partial charge in [0.15, 0.2) is 0 Å². The molecule has 0 fully saturated rings. The summed E-state index contributed by atoms with van der Waals surface area (Å²) in [6.07, 6.45) is 24.8. The second-order valence-corrected chi connectivity index (χ2v) is 10.7. The molecule has 0 bridgehead atoms. The van der Waals surface area contributed by atoms with E-state index >= 15 is 0 Å². The number of hydrogen-bond donors (Lipinski definition) is 0. The fraction of sp³-hybridized carbons (Fsp3) is 1.00. The van der Waals surface area contributed by atoms with Crippen LogP contribution in [0.25, 0.3) is 0 Å². The Morgan fingerprint density at radius 2 is 0.621 bits per heavy atom. The number of nitrogens with zero attached hydrogens (tertiary/aromatic N) is 1. The Kier molecular flexibility index (Phi) is 18.7. The van der Waals surface area contributed by atoms with Crippen LogP contribution in [0.4, 0.5) is 0 Å². The molecule has 0 unspecified atom stereocenters. The molecule has 0 radical (unpaired) electrons. The molecular formula is C28H60N+. The molecule has 0 aliphatic heterocycles. The van der Waals surface area contributed by atoms with E-state index in [1.807, 2.05) is 0 Å². The molecular weight excluding hydrogens is 350 g/mol. The molecule has 0 aromatic rings. The zero-order chi connectivity index (χ0) is 22.0. The van der Waals surface area contributed by atoms with Crippen LogP contribution in [0.15, 0.2) is 0 Å². The molecule has 29 heavy (non-hydrogen) atoms. The van der Waals surface area contributed by atoms with Gasteiger partial charge in [-0.3, -0.25) is 0 Å². The van der Waals surface area contributed by atoms with E-state index in [1.165, 1.54) is 120 Å². The minimum atomic E-state index is 0.732. The van der Waals surface area contributed by atoms with Gasteiger partial charge >= 0.3 is 0 Å². The fourth-order valence-corrected chi connectivity index (χ4v) is 5.67. The van der Waals surface area contributed by atoms with Crippen molar-refractivity contribution < 1.29 is 4.48 Å². The molecule has 0 spiro atoms. The molecule has 0 aliphatic rings. The van der Waals surface area contributed by atoms with Crippen molar-refractivity contribution in [1.82, 2.24) is 0 Å². The zero-order valence-corrected chi connectivity index (χ0v) is 21.9. The summed E-state index contributed by atoms with van der Waals surface area (Å²) in [7, 11) is 0. The van der Waals surface area contributed by atoms with Crippen LogP contribution in [0.5, 0.6) is 0 Å². The highest BCUT2D eigenvalue weighted by atomic mass is 15.4. The first-order chi connectivity index (χ1) is 13.9. The Hall–Kier alpha value is -0.0400. The summed E-state index contributed by atoms with van der Waals surface area (Å²) < 4.78 is 1.29. The molecule has 0 rings (SSSR count). The van der Waals surface area contributed by atoms with E-state index < -0.39 is 0 Å². The van der Waals surface area contributed by atoms with Gasteiger partial charge < -0.3 is 4.48 Å². The summed E-state index contributed by atoms with van der Waals surface area (Å²) >= 11 is 0. The van der Waals surface area contributed by atoms with Gasteiger partial charge in [0.2, 0.25) is 0 Å². The Labute approximate surface area is 187 Å². The van der Waals surface area contributed by atoms with Gasteiger partial charge in [0.1, 0.15) is 0 Å². The topological polar surface area (TPSA) is 0 Å². The van der Waals surface area contributed by atoms with Gasteiger partial charge in [0, 0.05) is 0 Å². The monoisotopic (exact) mass is 410 g/mol. The summed E-state index contributed by atoms with van der Waals surface area (Å²) in [6.45, 7) is 18.2. The normalized spacial score (nSPS) is 12.6. The minimum Gasteiger partial charge on any atom is -0.318 e. The zero-order valence-electron chi connectivity index (χ0n) is 21.9. The van der Waals surface area contributed by atoms with Crippen LogP contribution in [0, 0.1) is 0 Å². The lowest BCUT2D eigenvalue weighted by Gasteiger charge is -2.49. The molecule has 176 valence electrons. The Bertz CT molecular complexity index is 309. The summed E-state index contributed by atoms with van der Waals surface area (Å²) in [5.41, 5.74) is 0. The van der Waals surface area contributed by atoms with Gasteiger partial charge in [0.25, 0.3) is 0 Å². The molecule has 0 atom stereocenters. The highest BCUT2D eigenvalue weighted by molar-refractivity contribution is 4.59. The van der Waals surface area contributed by atoms with Gasteiger partial charge in [-0.2, -0.15) is 0 Å². The van der Waals surface area contributed by atoms with Gasteiger partial charge in [-0.25, -0.2) is 0 Å². The standard InChI is InChI=1S/C28H60N/c1-8-9-10-11-12-13-14-15-16-17-18-19-20-21-22-23-24-25-29(26(2)3,27(4)5)28(6)7/h26-28H,8-25H2,1-7H3/q+1. The van der Waals surface area contributed by atoms with Gasteiger partial charge in [-0.1, -0.05) is 103 Å². The predicted molar refractivity (Wildman–Crippen MR) is 135 cm³/mol. The molecule has 0 N–H and O–H groups in total. The summed E-state index contributed by atoms with van der Waals surface area (Å²) in [4.78, 5) is 0. The molecule has 1 heteroatoms. The van der Waals surface area contributed by atoms with E-state index in [0.717, 1.165) is 18.1 Å². The van der Waals surface area contributed by atoms with Crippen LogP contribution in [0.3, 0.4) is 0 Å². The van der Waals surface area contributed by atoms with Crippen molar-refractivity contribution in [3.63, 3.8) is 0 Å². The summed E-state index contributed by atoms with van der Waals surface area (Å²) in [5, 5.41) is 0. The largest absolute Gasteiger partial charge is 0.318 e. The van der Waals surface area contributed by atoms with E-state index in [4.69, 9.17) is 0 Å². The highest BCUT2D eigenvalue weighted by Gasteiger charge is 2.37. The van der Waals surface area contributed by atoms with Crippen molar-refractivity contribution in [3.05, 3.63) is 0 Å². The molecule has 0 aromatic carbocycles. The number of unbranched alkanes of at least 4 members (excludes halogenated alkanes) is 16. The van der Waals surface area contributed by atoms with Crippen LogP contribution in [-0.2, 0) is 0 Å². The predicted octanol–water partition coefficient (Wildman–Crippen LogP) is 9.68. The smallest absolute Gasteiger partial charge is 0.0837 e. The van der Waals surface area contributed by atoms with Gasteiger partial charge in [0.05, 0.1) is 24.7 Å². The molecule has 1 nitrogen and oxygen atoms in total. The summed E-state index contributed by atoms with van der Waals surface area (Å²) in [5.74, 6) is 0. The fourth-order valence-electron chi connectivity index (χ4n) is 5.67. The first-order valence-electron chi connectivity index (χ1n) is 13.8. The average Bonchev–Trinajstić information content (AvgIpc) is 2.66. The molecule has 0 amide bonds. The van der Waals surface area contributed by atoms with Crippen molar-refractivity contribution in [1.29, 1.82) is 0 Å². The van der Waals surface area contributed by atoms with Crippen LogP contribution >= 0.6 is 0 Å². The molecule has 0 aliphatic carbocycles. The SMILES string of the molecule is CCCCCCCCCCCCCCCCCCC[N+](C(C)C)(C(C)C)C(C)C. The second-order valence-electron chi connectivity index (χ2n) is 10.7. The Morgan fingerprint density at radius 3 is 0.862 bits per heavy atom. The number of hydrogen-bond acceptors (Lipinski definition) is 0. The molecule has 0 aromatic heterocycles. The summed E-state index contributed by atoms with van der Waals surface area (Å²) in [6, 6.07) is 2.20. The van der Waals surface area contributed by atoms with Crippen LogP contribution in [0.2, 0.25) is 0 Å². The lowest BCUT2D eigenvalue weighted by atomic mass is 10.0. The van der Waals surface area contributed by atoms with Crippen molar-refractivity contribution in [2.45, 2.75) is 176 Å². The van der Waals surface area contributed by atoms with Crippen molar-refractivity contribution in [2.75, 3.05) is 6.54 Å². The molecule has 0 heterocycles. The average molecular weight is 411 g/mol. The minimum absolute atomic E-state index is 0.732. The Morgan fingerprint density at radius 1 is 0.379 bits per heavy atom. The highest BCUT2D eigenvalue weighted by Crippen LogP contribution is 2.26. The third-order valence-corrected chi connectivity index (χ3v) is 7.53. The first kappa shape index (κ1) is 29.0. The van der Waals surface area contributed by atoms with E-state index in [1.54, 1.807) is 0 Å². The molecule has 0 saturated carbocycles. The number of rotatable bonds is 21. The van der Waals surface area contributed by atoms with E-state index in [0.29, 0.717) is 0 Å². The maximum Gasteiger partial charge on any atom is 0.0837 e. The van der Waals surface area contributed by atoms with Crippen molar-refractivity contribution in [3.8, 4) is 0 Å². The first-order valence-corrected chi connectivity index (χ1v) is 13.8. The lowest BCUT2D eigenvalue weighted by molar-refractivity contribution is -0.985. The quantitative estimate of drug-likeness (QED) is 0.130.